The summed E-state index contributed by atoms with van der Waals surface area (Å²) in [6.07, 6.45) is 0. The van der Waals surface area contributed by atoms with Crippen molar-refractivity contribution >= 4 is 27.6 Å². The molecule has 0 atom stereocenters. The van der Waals surface area contributed by atoms with Gasteiger partial charge in [0.25, 0.3) is 0 Å². The summed E-state index contributed by atoms with van der Waals surface area (Å²) < 4.78 is 32.5. The zero-order valence-electron chi connectivity index (χ0n) is 16.3. The fourth-order valence-electron chi connectivity index (χ4n) is 2.38. The molecule has 8 heteroatoms. The second-order valence-corrected chi connectivity index (χ2v) is 8.37. The van der Waals surface area contributed by atoms with E-state index < -0.39 is 16.0 Å². The number of hydrogen-bond donors (Lipinski definition) is 2. The van der Waals surface area contributed by atoms with Crippen molar-refractivity contribution in [3.05, 3.63) is 59.2 Å². The van der Waals surface area contributed by atoms with Crippen molar-refractivity contribution in [2.45, 2.75) is 32.2 Å². The highest BCUT2D eigenvalue weighted by atomic mass is 32.2. The van der Waals surface area contributed by atoms with Crippen molar-refractivity contribution in [2.75, 3.05) is 12.4 Å². The zero-order valence-corrected chi connectivity index (χ0v) is 17.1. The van der Waals surface area contributed by atoms with Crippen LogP contribution in [-0.2, 0) is 26.1 Å². The van der Waals surface area contributed by atoms with Gasteiger partial charge >= 0.3 is 5.97 Å². The van der Waals surface area contributed by atoms with Crippen molar-refractivity contribution < 1.29 is 22.7 Å². The number of benzene rings is 2. The SMILES string of the molecule is COC(=O)c1ccc(C)c(S(=O)(=O)NCc2ccc(NC(=O)C(C)C)cc2)c1. The van der Waals surface area contributed by atoms with Crippen molar-refractivity contribution in [1.29, 1.82) is 0 Å². The molecule has 0 heterocycles. The van der Waals surface area contributed by atoms with Gasteiger partial charge in [0.15, 0.2) is 0 Å². The Morgan fingerprint density at radius 2 is 1.71 bits per heavy atom. The highest BCUT2D eigenvalue weighted by molar-refractivity contribution is 7.89. The van der Waals surface area contributed by atoms with Gasteiger partial charge in [0.1, 0.15) is 0 Å². The van der Waals surface area contributed by atoms with E-state index in [1.807, 2.05) is 0 Å². The molecule has 0 bridgehead atoms. The molecule has 0 fully saturated rings. The summed E-state index contributed by atoms with van der Waals surface area (Å²) >= 11 is 0. The third-order valence-corrected chi connectivity index (χ3v) is 5.65. The van der Waals surface area contributed by atoms with E-state index in [0.29, 0.717) is 11.3 Å². The van der Waals surface area contributed by atoms with Crippen LogP contribution in [0.25, 0.3) is 0 Å². The standard InChI is InChI=1S/C20H24N2O5S/c1-13(2)19(23)22-17-9-6-15(7-10-17)12-21-28(25,26)18-11-16(20(24)27-4)8-5-14(18)3/h5-11,13,21H,12H2,1-4H3,(H,22,23). The van der Waals surface area contributed by atoms with Gasteiger partial charge in [-0.3, -0.25) is 4.79 Å². The molecule has 0 radical (unpaired) electrons. The average Bonchev–Trinajstić information content (AvgIpc) is 2.67. The number of carbonyl (C=O) groups is 2. The molecule has 2 N–H and O–H groups in total. The summed E-state index contributed by atoms with van der Waals surface area (Å²) in [5, 5.41) is 2.78. The molecule has 2 aromatic carbocycles. The number of aryl methyl sites for hydroxylation is 1. The lowest BCUT2D eigenvalue weighted by molar-refractivity contribution is -0.118. The van der Waals surface area contributed by atoms with Gasteiger partial charge in [0.2, 0.25) is 15.9 Å². The van der Waals surface area contributed by atoms with Crippen molar-refractivity contribution in [1.82, 2.24) is 4.72 Å². The maximum absolute atomic E-state index is 12.7. The molecule has 0 saturated carbocycles. The molecule has 0 aliphatic carbocycles. The first-order chi connectivity index (χ1) is 13.1. The van der Waals surface area contributed by atoms with E-state index in [0.717, 1.165) is 5.56 Å². The second kappa shape index (κ2) is 8.99. The average molecular weight is 404 g/mol. The summed E-state index contributed by atoms with van der Waals surface area (Å²) in [5.74, 6) is -0.819. The maximum atomic E-state index is 12.7. The van der Waals surface area contributed by atoms with Gasteiger partial charge in [-0.1, -0.05) is 32.0 Å². The molecule has 150 valence electrons. The molecule has 2 aromatic rings. The number of anilines is 1. The molecule has 28 heavy (non-hydrogen) atoms. The van der Waals surface area contributed by atoms with E-state index in [1.165, 1.54) is 19.2 Å². The van der Waals surface area contributed by atoms with Crippen LogP contribution in [0.4, 0.5) is 5.69 Å². The lowest BCUT2D eigenvalue weighted by atomic mass is 10.1. The van der Waals surface area contributed by atoms with Crippen LogP contribution >= 0.6 is 0 Å². The summed E-state index contributed by atoms with van der Waals surface area (Å²) in [4.78, 5) is 23.4. The quantitative estimate of drug-likeness (QED) is 0.691. The van der Waals surface area contributed by atoms with E-state index >= 15 is 0 Å². The van der Waals surface area contributed by atoms with Crippen LogP contribution < -0.4 is 10.0 Å². The fraction of sp³-hybridized carbons (Fsp3) is 0.300. The van der Waals surface area contributed by atoms with Gasteiger partial charge in [-0.15, -0.1) is 0 Å². The molecule has 0 unspecified atom stereocenters. The third kappa shape index (κ3) is 5.40. The van der Waals surface area contributed by atoms with Gasteiger partial charge < -0.3 is 10.1 Å². The number of esters is 1. The number of hydrogen-bond acceptors (Lipinski definition) is 5. The topological polar surface area (TPSA) is 102 Å². The van der Waals surface area contributed by atoms with Gasteiger partial charge in [0.05, 0.1) is 17.6 Å². The molecule has 2 rings (SSSR count). The van der Waals surface area contributed by atoms with Crippen LogP contribution in [0.15, 0.2) is 47.4 Å². The van der Waals surface area contributed by atoms with E-state index in [2.05, 4.69) is 14.8 Å². The molecule has 0 spiro atoms. The number of rotatable bonds is 7. The summed E-state index contributed by atoms with van der Waals surface area (Å²) in [5.41, 5.74) is 2.06. The number of amides is 1. The lowest BCUT2D eigenvalue weighted by Gasteiger charge is -2.12. The van der Waals surface area contributed by atoms with E-state index in [4.69, 9.17) is 0 Å². The zero-order chi connectivity index (χ0) is 20.9. The Morgan fingerprint density at radius 1 is 1.07 bits per heavy atom. The summed E-state index contributed by atoms with van der Waals surface area (Å²) in [6, 6.07) is 11.3. The number of methoxy groups -OCH3 is 1. The van der Waals surface area contributed by atoms with Crippen molar-refractivity contribution in [3.63, 3.8) is 0 Å². The Kier molecular flexibility index (Phi) is 6.93. The molecular formula is C20H24N2O5S. The maximum Gasteiger partial charge on any atom is 0.337 e. The lowest BCUT2D eigenvalue weighted by Crippen LogP contribution is -2.24. The van der Waals surface area contributed by atoms with Gasteiger partial charge in [-0.25, -0.2) is 17.9 Å². The Morgan fingerprint density at radius 3 is 2.29 bits per heavy atom. The van der Waals surface area contributed by atoms with E-state index in [1.54, 1.807) is 51.1 Å². The predicted molar refractivity (Wildman–Crippen MR) is 106 cm³/mol. The fourth-order valence-corrected chi connectivity index (χ4v) is 3.67. The number of sulfonamides is 1. The molecule has 0 aliphatic rings. The Labute approximate surface area is 165 Å². The minimum absolute atomic E-state index is 0.0243. The summed E-state index contributed by atoms with van der Waals surface area (Å²) in [7, 11) is -2.58. The molecule has 0 aliphatic heterocycles. The number of nitrogens with one attached hydrogen (secondary N) is 2. The predicted octanol–water partition coefficient (Wildman–Crippen LogP) is 2.85. The smallest absolute Gasteiger partial charge is 0.337 e. The normalized spacial score (nSPS) is 11.3. The molecule has 0 aromatic heterocycles. The largest absolute Gasteiger partial charge is 0.465 e. The highest BCUT2D eigenvalue weighted by Gasteiger charge is 2.19. The van der Waals surface area contributed by atoms with Crippen LogP contribution in [0.1, 0.15) is 35.3 Å². The third-order valence-electron chi connectivity index (χ3n) is 4.11. The first-order valence-electron chi connectivity index (χ1n) is 8.72. The Bertz CT molecular complexity index is 967. The minimum atomic E-state index is -3.82. The van der Waals surface area contributed by atoms with Crippen LogP contribution in [0.2, 0.25) is 0 Å². The summed E-state index contributed by atoms with van der Waals surface area (Å²) in [6.45, 7) is 5.33. The highest BCUT2D eigenvalue weighted by Crippen LogP contribution is 2.18. The second-order valence-electron chi connectivity index (χ2n) is 6.64. The van der Waals surface area contributed by atoms with Crippen molar-refractivity contribution in [3.8, 4) is 0 Å². The van der Waals surface area contributed by atoms with Crippen LogP contribution in [0.5, 0.6) is 0 Å². The molecular weight excluding hydrogens is 380 g/mol. The van der Waals surface area contributed by atoms with E-state index in [9.17, 15) is 18.0 Å². The Balaban J connectivity index is 2.11. The minimum Gasteiger partial charge on any atom is -0.465 e. The van der Waals surface area contributed by atoms with Gasteiger partial charge in [0, 0.05) is 18.2 Å². The van der Waals surface area contributed by atoms with Crippen molar-refractivity contribution in [2.24, 2.45) is 5.92 Å². The number of ether oxygens (including phenoxy) is 1. The Hall–Kier alpha value is -2.71. The van der Waals surface area contributed by atoms with Crippen LogP contribution in [0, 0.1) is 12.8 Å². The first-order valence-corrected chi connectivity index (χ1v) is 10.2. The molecule has 1 amide bonds. The van der Waals surface area contributed by atoms with E-state index in [-0.39, 0.29) is 28.8 Å². The molecule has 7 nitrogen and oxygen atoms in total. The monoisotopic (exact) mass is 404 g/mol. The van der Waals surface area contributed by atoms with Gasteiger partial charge in [-0.05, 0) is 42.3 Å². The van der Waals surface area contributed by atoms with Gasteiger partial charge in [-0.2, -0.15) is 0 Å². The first kappa shape index (κ1) is 21.6. The number of carbonyl (C=O) groups excluding carboxylic acids is 2. The molecule has 0 saturated heterocycles. The van der Waals surface area contributed by atoms with Crippen LogP contribution in [-0.4, -0.2) is 27.4 Å². The van der Waals surface area contributed by atoms with Crippen LogP contribution in [0.3, 0.4) is 0 Å².